The van der Waals surface area contributed by atoms with Crippen LogP contribution in [0.1, 0.15) is 13.3 Å². The maximum atomic E-state index is 12.4. The molecule has 7 nitrogen and oxygen atoms in total. The maximum Gasteiger partial charge on any atom is 0.300 e. The molecule has 2 rings (SSSR count). The molecule has 1 aromatic heterocycles. The van der Waals surface area contributed by atoms with Crippen LogP contribution in [0.25, 0.3) is 0 Å². The Morgan fingerprint density at radius 2 is 2.25 bits per heavy atom. The van der Waals surface area contributed by atoms with Gasteiger partial charge in [-0.05, 0) is 12.3 Å². The zero-order valence-electron chi connectivity index (χ0n) is 10.7. The standard InChI is InChI=1S/C10H14ClN3O4S2/c1-6-2-3-13(5-7(6)12)20(17,18)9-4-8(14(15)16)10(11)19-9/h4,6-7H,2-3,5,12H2,1H3. The number of rotatable bonds is 3. The van der Waals surface area contributed by atoms with E-state index in [0.717, 1.165) is 6.07 Å². The van der Waals surface area contributed by atoms with Crippen LogP contribution in [-0.2, 0) is 10.0 Å². The number of hydrogen-bond donors (Lipinski definition) is 1. The SMILES string of the molecule is CC1CCN(S(=O)(=O)c2cc([N+](=O)[O-])c(Cl)s2)CC1N. The number of nitrogens with zero attached hydrogens (tertiary/aromatic N) is 2. The van der Waals surface area contributed by atoms with Gasteiger partial charge in [-0.15, -0.1) is 11.3 Å². The average molecular weight is 340 g/mol. The summed E-state index contributed by atoms with van der Waals surface area (Å²) in [7, 11) is -3.77. The molecular weight excluding hydrogens is 326 g/mol. The summed E-state index contributed by atoms with van der Waals surface area (Å²) < 4.78 is 25.9. The number of nitrogens with two attached hydrogens (primary N) is 1. The van der Waals surface area contributed by atoms with Crippen molar-refractivity contribution in [1.82, 2.24) is 4.31 Å². The Bertz CT molecular complexity index is 630. The Labute approximate surface area is 125 Å². The highest BCUT2D eigenvalue weighted by atomic mass is 35.5. The summed E-state index contributed by atoms with van der Waals surface area (Å²) in [5, 5.41) is 10.7. The van der Waals surface area contributed by atoms with E-state index in [4.69, 9.17) is 17.3 Å². The van der Waals surface area contributed by atoms with Crippen LogP contribution in [0.3, 0.4) is 0 Å². The van der Waals surface area contributed by atoms with E-state index in [1.54, 1.807) is 0 Å². The van der Waals surface area contributed by atoms with Crippen molar-refractivity contribution in [2.24, 2.45) is 11.7 Å². The highest BCUT2D eigenvalue weighted by Crippen LogP contribution is 2.38. The van der Waals surface area contributed by atoms with Crippen molar-refractivity contribution in [1.29, 1.82) is 0 Å². The molecule has 1 fully saturated rings. The highest BCUT2D eigenvalue weighted by molar-refractivity contribution is 7.91. The van der Waals surface area contributed by atoms with E-state index in [2.05, 4.69) is 0 Å². The molecule has 1 aliphatic heterocycles. The van der Waals surface area contributed by atoms with E-state index >= 15 is 0 Å². The van der Waals surface area contributed by atoms with Crippen molar-refractivity contribution in [3.05, 3.63) is 20.5 Å². The van der Waals surface area contributed by atoms with E-state index < -0.39 is 14.9 Å². The van der Waals surface area contributed by atoms with E-state index in [0.29, 0.717) is 24.3 Å². The van der Waals surface area contributed by atoms with E-state index in [1.807, 2.05) is 6.92 Å². The number of hydrogen-bond acceptors (Lipinski definition) is 6. The number of piperidine rings is 1. The Morgan fingerprint density at radius 1 is 1.60 bits per heavy atom. The molecule has 2 N–H and O–H groups in total. The van der Waals surface area contributed by atoms with Gasteiger partial charge in [-0.1, -0.05) is 18.5 Å². The van der Waals surface area contributed by atoms with Crippen LogP contribution in [0, 0.1) is 16.0 Å². The largest absolute Gasteiger partial charge is 0.326 e. The predicted octanol–water partition coefficient (Wildman–Crippen LogP) is 1.67. The van der Waals surface area contributed by atoms with Crippen molar-refractivity contribution < 1.29 is 13.3 Å². The molecule has 0 amide bonds. The summed E-state index contributed by atoms with van der Waals surface area (Å²) in [6.45, 7) is 2.55. The molecule has 20 heavy (non-hydrogen) atoms. The topological polar surface area (TPSA) is 107 Å². The molecule has 10 heteroatoms. The monoisotopic (exact) mass is 339 g/mol. The minimum absolute atomic E-state index is 0.115. The maximum absolute atomic E-state index is 12.4. The van der Waals surface area contributed by atoms with Gasteiger partial charge in [-0.3, -0.25) is 10.1 Å². The summed E-state index contributed by atoms with van der Waals surface area (Å²) in [5.74, 6) is 0.253. The molecule has 0 spiro atoms. The van der Waals surface area contributed by atoms with Crippen molar-refractivity contribution in [3.63, 3.8) is 0 Å². The normalized spacial score (nSPS) is 24.8. The van der Waals surface area contributed by atoms with Gasteiger partial charge >= 0.3 is 0 Å². The Balaban J connectivity index is 2.31. The summed E-state index contributed by atoms with van der Waals surface area (Å²) in [4.78, 5) is 10.0. The van der Waals surface area contributed by atoms with E-state index in [1.165, 1.54) is 4.31 Å². The van der Waals surface area contributed by atoms with Gasteiger partial charge in [0.25, 0.3) is 15.7 Å². The first-order valence-electron chi connectivity index (χ1n) is 5.93. The number of thiophene rings is 1. The first-order chi connectivity index (χ1) is 9.23. The molecule has 0 radical (unpaired) electrons. The smallest absolute Gasteiger partial charge is 0.300 e. The van der Waals surface area contributed by atoms with Gasteiger partial charge in [0.05, 0.1) is 4.92 Å². The summed E-state index contributed by atoms with van der Waals surface area (Å²) in [6, 6.07) is 0.773. The van der Waals surface area contributed by atoms with Crippen LogP contribution < -0.4 is 5.73 Å². The number of sulfonamides is 1. The quantitative estimate of drug-likeness (QED) is 0.665. The number of halogens is 1. The Kier molecular flexibility index (Phi) is 4.35. The Hall–Kier alpha value is -0.740. The van der Waals surface area contributed by atoms with Crippen LogP contribution in [0.5, 0.6) is 0 Å². The lowest BCUT2D eigenvalue weighted by atomic mass is 9.96. The fourth-order valence-electron chi connectivity index (χ4n) is 2.00. The third-order valence-electron chi connectivity index (χ3n) is 3.42. The van der Waals surface area contributed by atoms with Crippen molar-refractivity contribution in [2.75, 3.05) is 13.1 Å². The van der Waals surface area contributed by atoms with Crippen LogP contribution >= 0.6 is 22.9 Å². The van der Waals surface area contributed by atoms with Gasteiger partial charge in [-0.2, -0.15) is 4.31 Å². The molecule has 1 aliphatic rings. The Morgan fingerprint density at radius 3 is 2.75 bits per heavy atom. The van der Waals surface area contributed by atoms with Gasteiger partial charge < -0.3 is 5.73 Å². The fourth-order valence-corrected chi connectivity index (χ4v) is 5.32. The van der Waals surface area contributed by atoms with Gasteiger partial charge in [0.2, 0.25) is 0 Å². The van der Waals surface area contributed by atoms with Crippen molar-refractivity contribution in [2.45, 2.75) is 23.6 Å². The summed E-state index contributed by atoms with van der Waals surface area (Å²) in [5.41, 5.74) is 5.51. The third kappa shape index (κ3) is 2.82. The zero-order valence-corrected chi connectivity index (χ0v) is 13.0. The zero-order chi connectivity index (χ0) is 15.1. The minimum atomic E-state index is -3.77. The molecule has 0 aliphatic carbocycles. The van der Waals surface area contributed by atoms with Crippen molar-refractivity contribution >= 4 is 38.6 Å². The lowest BCUT2D eigenvalue weighted by Gasteiger charge is -2.33. The highest BCUT2D eigenvalue weighted by Gasteiger charge is 2.34. The van der Waals surface area contributed by atoms with Crippen LogP contribution in [0.2, 0.25) is 4.34 Å². The van der Waals surface area contributed by atoms with Crippen LogP contribution in [0.4, 0.5) is 5.69 Å². The average Bonchev–Trinajstić information content (AvgIpc) is 2.75. The number of nitro groups is 1. The van der Waals surface area contributed by atoms with E-state index in [-0.39, 0.29) is 32.7 Å². The molecule has 0 bridgehead atoms. The molecular formula is C10H14ClN3O4S2. The first-order valence-corrected chi connectivity index (χ1v) is 8.56. The molecule has 112 valence electrons. The summed E-state index contributed by atoms with van der Waals surface area (Å²) >= 11 is 6.40. The molecule has 2 unspecified atom stereocenters. The lowest BCUT2D eigenvalue weighted by Crippen LogP contribution is -2.49. The van der Waals surface area contributed by atoms with Crippen LogP contribution in [0.15, 0.2) is 10.3 Å². The van der Waals surface area contributed by atoms with Gasteiger partial charge in [-0.25, -0.2) is 8.42 Å². The van der Waals surface area contributed by atoms with E-state index in [9.17, 15) is 18.5 Å². The second-order valence-corrected chi connectivity index (χ2v) is 8.59. The summed E-state index contributed by atoms with van der Waals surface area (Å²) in [6.07, 6.45) is 0.668. The minimum Gasteiger partial charge on any atom is -0.326 e. The third-order valence-corrected chi connectivity index (χ3v) is 7.07. The predicted molar refractivity (Wildman–Crippen MR) is 76.5 cm³/mol. The molecule has 0 saturated carbocycles. The molecule has 1 aromatic rings. The van der Waals surface area contributed by atoms with Gasteiger partial charge in [0.1, 0.15) is 4.21 Å². The van der Waals surface area contributed by atoms with Gasteiger partial charge in [0, 0.05) is 25.2 Å². The second-order valence-electron chi connectivity index (χ2n) is 4.77. The molecule has 0 aromatic carbocycles. The van der Waals surface area contributed by atoms with Crippen LogP contribution in [-0.4, -0.2) is 36.8 Å². The van der Waals surface area contributed by atoms with Crippen molar-refractivity contribution in [3.8, 4) is 0 Å². The second kappa shape index (κ2) is 5.57. The van der Waals surface area contributed by atoms with Gasteiger partial charge in [0.15, 0.2) is 4.34 Å². The molecule has 2 atom stereocenters. The lowest BCUT2D eigenvalue weighted by molar-refractivity contribution is -0.384. The molecule has 1 saturated heterocycles. The molecule has 2 heterocycles. The fraction of sp³-hybridized carbons (Fsp3) is 0.600. The first kappa shape index (κ1) is 15.6.